The van der Waals surface area contributed by atoms with Gasteiger partial charge >= 0.3 is 0 Å². The van der Waals surface area contributed by atoms with Crippen molar-refractivity contribution in [2.24, 2.45) is 0 Å². The molecule has 142 valence electrons. The molecule has 0 aromatic heterocycles. The zero-order chi connectivity index (χ0) is 19.4. The molecule has 2 atom stereocenters. The van der Waals surface area contributed by atoms with E-state index in [1.54, 1.807) is 0 Å². The molecular weight excluding hydrogens is 340 g/mol. The van der Waals surface area contributed by atoms with E-state index in [2.05, 4.69) is 79.2 Å². The van der Waals surface area contributed by atoms with Gasteiger partial charge in [0.05, 0.1) is 6.10 Å². The summed E-state index contributed by atoms with van der Waals surface area (Å²) in [5, 5.41) is 11.6. The summed E-state index contributed by atoms with van der Waals surface area (Å²) in [6.45, 7) is 22.1. The van der Waals surface area contributed by atoms with Gasteiger partial charge in [0.2, 0.25) is 8.32 Å². The number of hydrogen-bond acceptors (Lipinski definition) is 2. The fraction of sp³-hybridized carbons (Fsp3) is 0.762. The third-order valence-electron chi connectivity index (χ3n) is 6.28. The first-order chi connectivity index (χ1) is 11.6. The maximum absolute atomic E-state index is 10.7. The van der Waals surface area contributed by atoms with E-state index in [0.29, 0.717) is 23.0 Å². The minimum atomic E-state index is -2.16. The molecule has 1 rings (SSSR count). The smallest absolute Gasteiger partial charge is 0.231 e. The van der Waals surface area contributed by atoms with Crippen LogP contribution in [0.1, 0.15) is 61.8 Å². The maximum atomic E-state index is 10.7. The van der Waals surface area contributed by atoms with Gasteiger partial charge in [-0.25, -0.2) is 0 Å². The third kappa shape index (κ3) is 4.23. The molecule has 0 unspecified atom stereocenters. The van der Waals surface area contributed by atoms with Gasteiger partial charge < -0.3 is 9.53 Å². The minimum Gasteiger partial charge on any atom is -0.398 e. The van der Waals surface area contributed by atoms with Crippen LogP contribution >= 0.6 is 0 Å². The summed E-state index contributed by atoms with van der Waals surface area (Å²) < 4.78 is 6.57. The summed E-state index contributed by atoms with van der Waals surface area (Å²) in [6.07, 6.45) is -0.0922. The highest BCUT2D eigenvalue weighted by atomic mass is 28.4. The summed E-state index contributed by atoms with van der Waals surface area (Å²) in [6, 6.07) is 1.88. The van der Waals surface area contributed by atoms with Crippen molar-refractivity contribution in [3.63, 3.8) is 0 Å². The van der Waals surface area contributed by atoms with Gasteiger partial charge in [-0.05, 0) is 28.7 Å². The molecule has 1 N–H and O–H groups in total. The average molecular weight is 379 g/mol. The van der Waals surface area contributed by atoms with E-state index in [4.69, 9.17) is 4.43 Å². The summed E-state index contributed by atoms with van der Waals surface area (Å²) in [5.41, 5.74) is 8.60. The molecule has 0 bridgehead atoms. The normalized spacial score (nSPS) is 23.6. The summed E-state index contributed by atoms with van der Waals surface area (Å²) in [7, 11) is -3.93. The molecule has 1 heterocycles. The van der Waals surface area contributed by atoms with Crippen molar-refractivity contribution >= 4 is 16.4 Å². The second-order valence-electron chi connectivity index (χ2n) is 8.32. The maximum Gasteiger partial charge on any atom is 0.231 e. The van der Waals surface area contributed by atoms with E-state index >= 15 is 0 Å². The fourth-order valence-corrected chi connectivity index (χ4v) is 13.6. The lowest BCUT2D eigenvalue weighted by molar-refractivity contribution is 0.116. The highest BCUT2D eigenvalue weighted by molar-refractivity contribution is 6.90. The van der Waals surface area contributed by atoms with Crippen molar-refractivity contribution in [1.29, 1.82) is 0 Å². The SMILES string of the molecule is C=C=C1[C@H](O)C[C@@H](C#C[Si](C(C)C)(C(C)C)C(C)C)O[Si]1(CC)CC. The monoisotopic (exact) mass is 378 g/mol. The molecule has 0 aliphatic carbocycles. The standard InChI is InChI=1S/C21H38O2Si2/c1-10-21-20(22)15-19(23-24(21,11-2)12-3)13-14-25(16(4)5,17(6)7)18(8)9/h16-20,22H,1,11-12,15H2,2-9H3/t19-,20-/m1/s1. The van der Waals surface area contributed by atoms with Gasteiger partial charge in [-0.2, -0.15) is 0 Å². The van der Waals surface area contributed by atoms with Crippen LogP contribution < -0.4 is 0 Å². The van der Waals surface area contributed by atoms with Crippen LogP contribution in [-0.4, -0.2) is 33.7 Å². The highest BCUT2D eigenvalue weighted by Gasteiger charge is 2.46. The first-order valence-electron chi connectivity index (χ1n) is 9.90. The zero-order valence-corrected chi connectivity index (χ0v) is 19.6. The van der Waals surface area contributed by atoms with Crippen LogP contribution in [0.15, 0.2) is 17.5 Å². The first kappa shape index (κ1) is 22.5. The van der Waals surface area contributed by atoms with Crippen molar-refractivity contribution in [2.75, 3.05) is 0 Å². The Labute approximate surface area is 157 Å². The van der Waals surface area contributed by atoms with Crippen molar-refractivity contribution in [1.82, 2.24) is 0 Å². The zero-order valence-electron chi connectivity index (χ0n) is 17.6. The molecule has 0 spiro atoms. The minimum absolute atomic E-state index is 0.151. The molecule has 1 aliphatic heterocycles. The van der Waals surface area contributed by atoms with E-state index in [0.717, 1.165) is 17.3 Å². The molecule has 1 fully saturated rings. The van der Waals surface area contributed by atoms with Gasteiger partial charge in [-0.1, -0.05) is 67.9 Å². The van der Waals surface area contributed by atoms with Gasteiger partial charge in [0.1, 0.15) is 14.2 Å². The third-order valence-corrected chi connectivity index (χ3v) is 17.1. The Morgan fingerprint density at radius 2 is 1.60 bits per heavy atom. The van der Waals surface area contributed by atoms with Crippen molar-refractivity contribution in [3.8, 4) is 11.5 Å². The van der Waals surface area contributed by atoms with E-state index < -0.39 is 22.5 Å². The van der Waals surface area contributed by atoms with Gasteiger partial charge in [0, 0.05) is 11.6 Å². The van der Waals surface area contributed by atoms with E-state index in [1.807, 2.05) is 0 Å². The van der Waals surface area contributed by atoms with Gasteiger partial charge in [0.25, 0.3) is 0 Å². The van der Waals surface area contributed by atoms with E-state index in [-0.39, 0.29) is 6.10 Å². The van der Waals surface area contributed by atoms with Crippen molar-refractivity contribution in [2.45, 2.75) is 103 Å². The number of hydrogen-bond donors (Lipinski definition) is 1. The lowest BCUT2D eigenvalue weighted by Gasteiger charge is -2.41. The summed E-state index contributed by atoms with van der Waals surface area (Å²) in [5.74, 6) is 3.51. The molecule has 0 radical (unpaired) electrons. The Kier molecular flexibility index (Phi) is 7.99. The largest absolute Gasteiger partial charge is 0.398 e. The summed E-state index contributed by atoms with van der Waals surface area (Å²) >= 11 is 0. The molecule has 0 saturated carbocycles. The van der Waals surface area contributed by atoms with Crippen LogP contribution in [0.25, 0.3) is 0 Å². The second-order valence-corrected chi connectivity index (χ2v) is 18.1. The number of aliphatic hydroxyl groups excluding tert-OH is 1. The van der Waals surface area contributed by atoms with Gasteiger partial charge in [0.15, 0.2) is 0 Å². The Morgan fingerprint density at radius 1 is 1.12 bits per heavy atom. The molecule has 1 aliphatic rings. The van der Waals surface area contributed by atoms with Crippen LogP contribution in [0.4, 0.5) is 0 Å². The van der Waals surface area contributed by atoms with Crippen LogP contribution in [0.5, 0.6) is 0 Å². The van der Waals surface area contributed by atoms with Crippen molar-refractivity contribution < 1.29 is 9.53 Å². The Balaban J connectivity index is 3.28. The van der Waals surface area contributed by atoms with E-state index in [1.165, 1.54) is 0 Å². The number of aliphatic hydroxyl groups is 1. The molecular formula is C21H38O2Si2. The lowest BCUT2D eigenvalue weighted by atomic mass is 10.1. The predicted molar refractivity (Wildman–Crippen MR) is 114 cm³/mol. The first-order valence-corrected chi connectivity index (χ1v) is 14.5. The Morgan fingerprint density at radius 3 is 1.96 bits per heavy atom. The molecule has 25 heavy (non-hydrogen) atoms. The Hall–Kier alpha value is -0.566. The molecule has 0 aromatic rings. The lowest BCUT2D eigenvalue weighted by Crippen LogP contribution is -2.52. The van der Waals surface area contributed by atoms with Crippen LogP contribution in [0.2, 0.25) is 28.7 Å². The summed E-state index contributed by atoms with van der Waals surface area (Å²) in [4.78, 5) is 0. The highest BCUT2D eigenvalue weighted by Crippen LogP contribution is 2.41. The molecule has 2 nitrogen and oxygen atoms in total. The molecule has 4 heteroatoms. The molecule has 1 saturated heterocycles. The molecule has 0 amide bonds. The fourth-order valence-electron chi connectivity index (χ4n) is 4.81. The topological polar surface area (TPSA) is 29.5 Å². The van der Waals surface area contributed by atoms with Crippen LogP contribution in [0, 0.1) is 11.5 Å². The predicted octanol–water partition coefficient (Wildman–Crippen LogP) is 5.59. The van der Waals surface area contributed by atoms with Gasteiger partial charge in [-0.3, -0.25) is 0 Å². The molecule has 0 aromatic carbocycles. The van der Waals surface area contributed by atoms with Crippen LogP contribution in [0.3, 0.4) is 0 Å². The number of rotatable bonds is 5. The van der Waals surface area contributed by atoms with E-state index in [9.17, 15) is 5.11 Å². The Bertz CT molecular complexity index is 536. The quantitative estimate of drug-likeness (QED) is 0.384. The average Bonchev–Trinajstić information content (AvgIpc) is 2.53. The van der Waals surface area contributed by atoms with Crippen LogP contribution in [-0.2, 0) is 4.43 Å². The van der Waals surface area contributed by atoms with Crippen molar-refractivity contribution in [3.05, 3.63) is 17.5 Å². The second kappa shape index (κ2) is 8.88. The van der Waals surface area contributed by atoms with Gasteiger partial charge in [-0.15, -0.1) is 11.3 Å².